The van der Waals surface area contributed by atoms with Gasteiger partial charge in [-0.2, -0.15) is 0 Å². The minimum absolute atomic E-state index is 0.141. The van der Waals surface area contributed by atoms with Crippen molar-refractivity contribution in [3.8, 4) is 22.8 Å². The van der Waals surface area contributed by atoms with Crippen LogP contribution in [0.1, 0.15) is 10.5 Å². The van der Waals surface area contributed by atoms with E-state index in [0.717, 1.165) is 0 Å². The second kappa shape index (κ2) is 4.41. The second-order valence-corrected chi connectivity index (χ2v) is 3.76. The monoisotopic (exact) mass is 256 g/mol. The number of aromatic carboxylic acids is 1. The summed E-state index contributed by atoms with van der Waals surface area (Å²) in [6, 6.07) is 8.60. The summed E-state index contributed by atoms with van der Waals surface area (Å²) in [5, 5.41) is 12.3. The van der Waals surface area contributed by atoms with E-state index in [1.165, 1.54) is 18.5 Å². The minimum atomic E-state index is -1.14. The van der Waals surface area contributed by atoms with Crippen LogP contribution in [0.3, 0.4) is 0 Å². The third-order valence-electron chi connectivity index (χ3n) is 2.58. The van der Waals surface area contributed by atoms with E-state index in [9.17, 15) is 4.79 Å². The standard InChI is InChI=1S/C13H8N2O4/c16-13(17)10-7-11(19-15-10)8-3-1-2-4-9(8)12-14-5-6-18-12/h1-7H,(H,16,17). The Morgan fingerprint density at radius 3 is 2.63 bits per heavy atom. The second-order valence-electron chi connectivity index (χ2n) is 3.76. The number of hydrogen-bond donors (Lipinski definition) is 1. The number of rotatable bonds is 3. The number of carboxylic acids is 1. The Morgan fingerprint density at radius 2 is 2.00 bits per heavy atom. The molecule has 0 saturated heterocycles. The van der Waals surface area contributed by atoms with Crippen LogP contribution in [0.15, 0.2) is 51.7 Å². The van der Waals surface area contributed by atoms with Gasteiger partial charge in [0.2, 0.25) is 5.89 Å². The molecule has 6 nitrogen and oxygen atoms in total. The lowest BCUT2D eigenvalue weighted by Crippen LogP contribution is -1.94. The van der Waals surface area contributed by atoms with Gasteiger partial charge in [0.15, 0.2) is 11.5 Å². The molecule has 0 radical (unpaired) electrons. The maximum atomic E-state index is 10.8. The summed E-state index contributed by atoms with van der Waals surface area (Å²) in [5.74, 6) is -0.348. The van der Waals surface area contributed by atoms with Crippen LogP contribution in [-0.4, -0.2) is 21.2 Å². The lowest BCUT2D eigenvalue weighted by atomic mass is 10.1. The molecule has 0 spiro atoms. The molecule has 0 fully saturated rings. The molecule has 2 heterocycles. The topological polar surface area (TPSA) is 89.4 Å². The SMILES string of the molecule is O=C(O)c1cc(-c2ccccc2-c2ncco2)on1. The number of hydrogen-bond acceptors (Lipinski definition) is 5. The molecule has 0 bridgehead atoms. The molecule has 0 unspecified atom stereocenters. The quantitative estimate of drug-likeness (QED) is 0.774. The fourth-order valence-electron chi connectivity index (χ4n) is 1.74. The first-order chi connectivity index (χ1) is 9.25. The van der Waals surface area contributed by atoms with E-state index in [2.05, 4.69) is 10.1 Å². The van der Waals surface area contributed by atoms with E-state index in [4.69, 9.17) is 14.0 Å². The molecule has 0 saturated carbocycles. The number of oxazole rings is 1. The van der Waals surface area contributed by atoms with Gasteiger partial charge in [0.1, 0.15) is 6.26 Å². The smallest absolute Gasteiger partial charge is 0.358 e. The summed E-state index contributed by atoms with van der Waals surface area (Å²) in [5.41, 5.74) is 1.24. The summed E-state index contributed by atoms with van der Waals surface area (Å²) >= 11 is 0. The van der Waals surface area contributed by atoms with E-state index < -0.39 is 5.97 Å². The highest BCUT2D eigenvalue weighted by Crippen LogP contribution is 2.31. The van der Waals surface area contributed by atoms with Crippen LogP contribution in [-0.2, 0) is 0 Å². The molecule has 0 atom stereocenters. The van der Waals surface area contributed by atoms with E-state index in [1.807, 2.05) is 18.2 Å². The zero-order valence-electron chi connectivity index (χ0n) is 9.61. The van der Waals surface area contributed by atoms with E-state index in [1.54, 1.807) is 6.07 Å². The average Bonchev–Trinajstić information content (AvgIpc) is 3.10. The maximum absolute atomic E-state index is 10.8. The molecule has 2 aromatic heterocycles. The molecule has 3 rings (SSSR count). The fourth-order valence-corrected chi connectivity index (χ4v) is 1.74. The number of carbonyl (C=O) groups is 1. The minimum Gasteiger partial charge on any atom is -0.476 e. The Balaban J connectivity index is 2.12. The molecular weight excluding hydrogens is 248 g/mol. The first kappa shape index (κ1) is 11.2. The lowest BCUT2D eigenvalue weighted by Gasteiger charge is -2.01. The number of carboxylic acid groups (broad SMARTS) is 1. The molecule has 0 amide bonds. The number of benzene rings is 1. The van der Waals surface area contributed by atoms with Gasteiger partial charge in [-0.15, -0.1) is 0 Å². The Morgan fingerprint density at radius 1 is 1.21 bits per heavy atom. The summed E-state index contributed by atoms with van der Waals surface area (Å²) in [6.07, 6.45) is 3.00. The summed E-state index contributed by atoms with van der Waals surface area (Å²) in [6.45, 7) is 0. The zero-order chi connectivity index (χ0) is 13.2. The van der Waals surface area contributed by atoms with Gasteiger partial charge in [-0.05, 0) is 6.07 Å². The van der Waals surface area contributed by atoms with Crippen LogP contribution < -0.4 is 0 Å². The van der Waals surface area contributed by atoms with Gasteiger partial charge < -0.3 is 14.0 Å². The number of nitrogens with zero attached hydrogens (tertiary/aromatic N) is 2. The molecule has 0 aliphatic rings. The molecule has 0 aliphatic heterocycles. The third-order valence-corrected chi connectivity index (χ3v) is 2.58. The first-order valence-corrected chi connectivity index (χ1v) is 5.45. The van der Waals surface area contributed by atoms with Crippen LogP contribution in [0.5, 0.6) is 0 Å². The van der Waals surface area contributed by atoms with Gasteiger partial charge in [0.05, 0.1) is 6.20 Å². The molecule has 6 heteroatoms. The number of aromatic nitrogens is 2. The highest BCUT2D eigenvalue weighted by molar-refractivity contribution is 5.87. The van der Waals surface area contributed by atoms with Gasteiger partial charge in [-0.3, -0.25) is 0 Å². The lowest BCUT2D eigenvalue weighted by molar-refractivity contribution is 0.0686. The summed E-state index contributed by atoms with van der Waals surface area (Å²) < 4.78 is 10.3. The van der Waals surface area contributed by atoms with E-state index >= 15 is 0 Å². The maximum Gasteiger partial charge on any atom is 0.358 e. The highest BCUT2D eigenvalue weighted by atomic mass is 16.5. The van der Waals surface area contributed by atoms with Crippen molar-refractivity contribution in [2.24, 2.45) is 0 Å². The van der Waals surface area contributed by atoms with Gasteiger partial charge >= 0.3 is 5.97 Å². The van der Waals surface area contributed by atoms with Crippen LogP contribution in [0, 0.1) is 0 Å². The predicted molar refractivity (Wildman–Crippen MR) is 64.4 cm³/mol. The molecule has 19 heavy (non-hydrogen) atoms. The fraction of sp³-hybridized carbons (Fsp3) is 0. The van der Waals surface area contributed by atoms with Crippen molar-refractivity contribution in [2.45, 2.75) is 0 Å². The summed E-state index contributed by atoms with van der Waals surface area (Å²) in [4.78, 5) is 14.9. The van der Waals surface area contributed by atoms with Crippen LogP contribution >= 0.6 is 0 Å². The molecule has 0 aliphatic carbocycles. The third kappa shape index (κ3) is 1.99. The van der Waals surface area contributed by atoms with Crippen molar-refractivity contribution in [1.82, 2.24) is 10.1 Å². The Bertz CT molecular complexity index is 716. The molecule has 1 aromatic carbocycles. The van der Waals surface area contributed by atoms with E-state index in [-0.39, 0.29) is 5.69 Å². The van der Waals surface area contributed by atoms with Gasteiger partial charge in [-0.1, -0.05) is 23.4 Å². The van der Waals surface area contributed by atoms with Crippen LogP contribution in [0.4, 0.5) is 0 Å². The Kier molecular flexibility index (Phi) is 2.60. The average molecular weight is 256 g/mol. The van der Waals surface area contributed by atoms with Crippen molar-refractivity contribution in [1.29, 1.82) is 0 Å². The van der Waals surface area contributed by atoms with Crippen molar-refractivity contribution in [3.63, 3.8) is 0 Å². The van der Waals surface area contributed by atoms with Crippen molar-refractivity contribution in [3.05, 3.63) is 48.5 Å². The van der Waals surface area contributed by atoms with Crippen molar-refractivity contribution < 1.29 is 18.8 Å². The van der Waals surface area contributed by atoms with Gasteiger partial charge in [0, 0.05) is 17.2 Å². The first-order valence-electron chi connectivity index (χ1n) is 5.45. The highest BCUT2D eigenvalue weighted by Gasteiger charge is 2.16. The van der Waals surface area contributed by atoms with E-state index in [0.29, 0.717) is 22.8 Å². The van der Waals surface area contributed by atoms with Gasteiger partial charge in [-0.25, -0.2) is 9.78 Å². The largest absolute Gasteiger partial charge is 0.476 e. The normalized spacial score (nSPS) is 10.5. The molecule has 1 N–H and O–H groups in total. The summed E-state index contributed by atoms with van der Waals surface area (Å²) in [7, 11) is 0. The van der Waals surface area contributed by atoms with Crippen LogP contribution in [0.2, 0.25) is 0 Å². The zero-order valence-corrected chi connectivity index (χ0v) is 9.61. The molecule has 94 valence electrons. The molecule has 3 aromatic rings. The molecular formula is C13H8N2O4. The van der Waals surface area contributed by atoms with Gasteiger partial charge in [0.25, 0.3) is 0 Å². The predicted octanol–water partition coefficient (Wildman–Crippen LogP) is 2.69. The van der Waals surface area contributed by atoms with Crippen molar-refractivity contribution in [2.75, 3.05) is 0 Å². The Labute approximate surface area is 107 Å². The van der Waals surface area contributed by atoms with Crippen LogP contribution in [0.25, 0.3) is 22.8 Å². The van der Waals surface area contributed by atoms with Crippen molar-refractivity contribution >= 4 is 5.97 Å². The Hall–Kier alpha value is -2.89.